The predicted molar refractivity (Wildman–Crippen MR) is 54.5 cm³/mol. The zero-order valence-electron chi connectivity index (χ0n) is 7.52. The predicted octanol–water partition coefficient (Wildman–Crippen LogP) is 2.55. The molecule has 76 valence electrons. The van der Waals surface area contributed by atoms with E-state index in [1.807, 2.05) is 0 Å². The zero-order chi connectivity index (χ0) is 10.1. The van der Waals surface area contributed by atoms with E-state index in [2.05, 4.69) is 0 Å². The highest BCUT2D eigenvalue weighted by Crippen LogP contribution is 2.05. The van der Waals surface area contributed by atoms with Crippen LogP contribution in [-0.4, -0.2) is 23.3 Å². The maximum Gasteiger partial charge on any atom is 0.147 e. The van der Waals surface area contributed by atoms with Crippen molar-refractivity contribution < 1.29 is 9.59 Å². The van der Waals surface area contributed by atoms with Crippen LogP contribution in [0.4, 0.5) is 0 Å². The van der Waals surface area contributed by atoms with Gasteiger partial charge >= 0.3 is 0 Å². The third kappa shape index (κ3) is 8.26. The maximum atomic E-state index is 10.7. The Labute approximate surface area is 88.6 Å². The van der Waals surface area contributed by atoms with Crippen molar-refractivity contribution in [3.05, 3.63) is 0 Å². The van der Waals surface area contributed by atoms with Crippen molar-refractivity contribution in [2.45, 2.75) is 32.1 Å². The van der Waals surface area contributed by atoms with Crippen molar-refractivity contribution in [2.24, 2.45) is 0 Å². The summed E-state index contributed by atoms with van der Waals surface area (Å²) in [7, 11) is 0. The number of ketones is 2. The summed E-state index contributed by atoms with van der Waals surface area (Å²) in [5, 5.41) is 0. The molecule has 0 N–H and O–H groups in total. The van der Waals surface area contributed by atoms with E-state index in [-0.39, 0.29) is 23.3 Å². The molecule has 0 rings (SSSR count). The lowest BCUT2D eigenvalue weighted by Gasteiger charge is -1.97. The van der Waals surface area contributed by atoms with Crippen molar-refractivity contribution in [2.75, 3.05) is 11.8 Å². The van der Waals surface area contributed by atoms with Gasteiger partial charge in [-0.15, -0.1) is 23.2 Å². The fraction of sp³-hybridized carbons (Fsp3) is 0.778. The second-order valence-electron chi connectivity index (χ2n) is 2.91. The van der Waals surface area contributed by atoms with Gasteiger partial charge < -0.3 is 0 Å². The molecule has 0 aliphatic carbocycles. The van der Waals surface area contributed by atoms with E-state index in [9.17, 15) is 9.59 Å². The molecule has 0 aromatic carbocycles. The van der Waals surface area contributed by atoms with E-state index in [1.165, 1.54) is 0 Å². The van der Waals surface area contributed by atoms with Crippen molar-refractivity contribution >= 4 is 34.8 Å². The van der Waals surface area contributed by atoms with Crippen LogP contribution >= 0.6 is 23.2 Å². The largest absolute Gasteiger partial charge is 0.298 e. The molecule has 0 spiro atoms. The van der Waals surface area contributed by atoms with E-state index >= 15 is 0 Å². The normalized spacial score (nSPS) is 10.0. The summed E-state index contributed by atoms with van der Waals surface area (Å²) in [5.41, 5.74) is 0. The Balaban J connectivity index is 3.17. The molecule has 0 atom stereocenters. The molecule has 0 aliphatic heterocycles. The van der Waals surface area contributed by atoms with Gasteiger partial charge in [0, 0.05) is 12.8 Å². The van der Waals surface area contributed by atoms with Gasteiger partial charge in [-0.1, -0.05) is 6.42 Å². The molecule has 0 fully saturated rings. The molecule has 0 heterocycles. The molecule has 0 amide bonds. The average molecular weight is 225 g/mol. The van der Waals surface area contributed by atoms with Crippen molar-refractivity contribution in [3.8, 4) is 0 Å². The third-order valence-electron chi connectivity index (χ3n) is 1.71. The van der Waals surface area contributed by atoms with Gasteiger partial charge in [-0.05, 0) is 12.8 Å². The molecule has 0 saturated carbocycles. The lowest BCUT2D eigenvalue weighted by Crippen LogP contribution is -2.00. The van der Waals surface area contributed by atoms with Crippen LogP contribution in [0, 0.1) is 0 Å². The standard InChI is InChI=1S/C9H14Cl2O2/c10-6-8(12)4-2-1-3-5-9(13)7-11/h1-7H2. The molecule has 0 radical (unpaired) electrons. The lowest BCUT2D eigenvalue weighted by molar-refractivity contribution is -0.117. The molecule has 0 aromatic rings. The van der Waals surface area contributed by atoms with Gasteiger partial charge in [-0.2, -0.15) is 0 Å². The molecule has 4 heteroatoms. The second kappa shape index (κ2) is 8.52. The number of carbonyl (C=O) groups is 2. The first-order valence-electron chi connectivity index (χ1n) is 4.36. The van der Waals surface area contributed by atoms with Crippen LogP contribution in [0.25, 0.3) is 0 Å². The highest BCUT2D eigenvalue weighted by atomic mass is 35.5. The number of carbonyl (C=O) groups excluding carboxylic acids is 2. The van der Waals surface area contributed by atoms with Gasteiger partial charge in [0.1, 0.15) is 11.6 Å². The number of unbranched alkanes of at least 4 members (excludes halogenated alkanes) is 2. The van der Waals surface area contributed by atoms with Crippen LogP contribution in [0.15, 0.2) is 0 Å². The van der Waals surface area contributed by atoms with Crippen molar-refractivity contribution in [3.63, 3.8) is 0 Å². The Kier molecular flexibility index (Phi) is 8.46. The molecule has 13 heavy (non-hydrogen) atoms. The molecular weight excluding hydrogens is 211 g/mol. The summed E-state index contributed by atoms with van der Waals surface area (Å²) in [4.78, 5) is 21.5. The first kappa shape index (κ1) is 12.9. The van der Waals surface area contributed by atoms with Gasteiger partial charge in [-0.25, -0.2) is 0 Å². The van der Waals surface area contributed by atoms with Crippen LogP contribution in [0.5, 0.6) is 0 Å². The molecule has 0 aliphatic rings. The van der Waals surface area contributed by atoms with E-state index in [4.69, 9.17) is 23.2 Å². The Morgan fingerprint density at radius 3 is 1.46 bits per heavy atom. The van der Waals surface area contributed by atoms with Crippen molar-refractivity contribution in [1.29, 1.82) is 0 Å². The van der Waals surface area contributed by atoms with Crippen LogP contribution in [0.1, 0.15) is 32.1 Å². The molecule has 0 aromatic heterocycles. The SMILES string of the molecule is O=C(CCl)CCCCCC(=O)CCl. The minimum atomic E-state index is 0.0744. The summed E-state index contributed by atoms with van der Waals surface area (Å²) in [5.74, 6) is 0.344. The van der Waals surface area contributed by atoms with Crippen LogP contribution in [0.3, 0.4) is 0 Å². The van der Waals surface area contributed by atoms with Crippen molar-refractivity contribution in [1.82, 2.24) is 0 Å². The van der Waals surface area contributed by atoms with E-state index in [0.717, 1.165) is 19.3 Å². The van der Waals surface area contributed by atoms with Crippen LogP contribution in [0.2, 0.25) is 0 Å². The fourth-order valence-corrected chi connectivity index (χ4v) is 1.22. The number of hydrogen-bond acceptors (Lipinski definition) is 2. The monoisotopic (exact) mass is 224 g/mol. The molecular formula is C9H14Cl2O2. The topological polar surface area (TPSA) is 34.1 Å². The van der Waals surface area contributed by atoms with Gasteiger partial charge in [-0.3, -0.25) is 9.59 Å². The number of Topliss-reactive ketones (excluding diaryl/α,β-unsaturated/α-hetero) is 2. The minimum Gasteiger partial charge on any atom is -0.298 e. The van der Waals surface area contributed by atoms with Gasteiger partial charge in [0.2, 0.25) is 0 Å². The summed E-state index contributed by atoms with van der Waals surface area (Å²) < 4.78 is 0. The lowest BCUT2D eigenvalue weighted by atomic mass is 10.1. The Bertz CT molecular complexity index is 151. The van der Waals surface area contributed by atoms with E-state index in [0.29, 0.717) is 12.8 Å². The average Bonchev–Trinajstić information content (AvgIpc) is 2.16. The first-order valence-corrected chi connectivity index (χ1v) is 5.43. The number of halogens is 2. The zero-order valence-corrected chi connectivity index (χ0v) is 9.03. The molecule has 2 nitrogen and oxygen atoms in total. The van der Waals surface area contributed by atoms with E-state index in [1.54, 1.807) is 0 Å². The Morgan fingerprint density at radius 2 is 1.15 bits per heavy atom. The highest BCUT2D eigenvalue weighted by Gasteiger charge is 2.01. The van der Waals surface area contributed by atoms with E-state index < -0.39 is 0 Å². The smallest absolute Gasteiger partial charge is 0.147 e. The van der Waals surface area contributed by atoms with Crippen LogP contribution in [-0.2, 0) is 9.59 Å². The molecule has 0 bridgehead atoms. The Morgan fingerprint density at radius 1 is 0.769 bits per heavy atom. The summed E-state index contributed by atoms with van der Waals surface area (Å²) in [6.07, 6.45) is 3.59. The summed E-state index contributed by atoms with van der Waals surface area (Å²) in [6, 6.07) is 0. The summed E-state index contributed by atoms with van der Waals surface area (Å²) in [6.45, 7) is 0. The minimum absolute atomic E-state index is 0.0744. The highest BCUT2D eigenvalue weighted by molar-refractivity contribution is 6.27. The quantitative estimate of drug-likeness (QED) is 0.470. The van der Waals surface area contributed by atoms with Gasteiger partial charge in [0.25, 0.3) is 0 Å². The Hall–Kier alpha value is -0.0800. The van der Waals surface area contributed by atoms with Gasteiger partial charge in [0.15, 0.2) is 0 Å². The number of hydrogen-bond donors (Lipinski definition) is 0. The summed E-state index contributed by atoms with van der Waals surface area (Å²) >= 11 is 10.6. The molecule has 0 unspecified atom stereocenters. The van der Waals surface area contributed by atoms with Crippen LogP contribution < -0.4 is 0 Å². The molecule has 0 saturated heterocycles. The van der Waals surface area contributed by atoms with Gasteiger partial charge in [0.05, 0.1) is 11.8 Å². The third-order valence-corrected chi connectivity index (χ3v) is 2.31. The fourth-order valence-electron chi connectivity index (χ4n) is 0.955. The first-order chi connectivity index (χ1) is 6.20. The number of rotatable bonds is 8. The maximum absolute atomic E-state index is 10.7. The number of alkyl halides is 2. The second-order valence-corrected chi connectivity index (χ2v) is 3.44.